The molecule has 3 nitrogen and oxygen atoms in total. The van der Waals surface area contributed by atoms with E-state index in [1.54, 1.807) is 0 Å². The van der Waals surface area contributed by atoms with Gasteiger partial charge in [-0.2, -0.15) is 0 Å². The Hall–Kier alpha value is -0.620. The van der Waals surface area contributed by atoms with Crippen LogP contribution < -0.4 is 0 Å². The zero-order valence-corrected chi connectivity index (χ0v) is 11.1. The molecule has 15 heavy (non-hydrogen) atoms. The van der Waals surface area contributed by atoms with E-state index >= 15 is 0 Å². The molecule has 1 aromatic carbocycles. The molecule has 0 saturated heterocycles. The molecule has 0 spiro atoms. The SMILES string of the molecule is CC(=O)OI1OC(C)(C)c2ccccc21. The van der Waals surface area contributed by atoms with Gasteiger partial charge in [0.2, 0.25) is 0 Å². The molecular formula is C11H13IO3. The summed E-state index contributed by atoms with van der Waals surface area (Å²) >= 11 is -2.20. The van der Waals surface area contributed by atoms with Gasteiger partial charge in [-0.15, -0.1) is 0 Å². The van der Waals surface area contributed by atoms with Gasteiger partial charge in [-0.1, -0.05) is 0 Å². The van der Waals surface area contributed by atoms with Gasteiger partial charge in [-0.25, -0.2) is 0 Å². The molecule has 1 heterocycles. The van der Waals surface area contributed by atoms with Gasteiger partial charge in [0, 0.05) is 0 Å². The first-order chi connectivity index (χ1) is 7.00. The van der Waals surface area contributed by atoms with E-state index in [1.165, 1.54) is 6.92 Å². The molecule has 0 saturated carbocycles. The van der Waals surface area contributed by atoms with Gasteiger partial charge in [0.1, 0.15) is 0 Å². The summed E-state index contributed by atoms with van der Waals surface area (Å²) in [5.41, 5.74) is 0.827. The quantitative estimate of drug-likeness (QED) is 0.746. The van der Waals surface area contributed by atoms with Crippen molar-refractivity contribution in [1.82, 2.24) is 0 Å². The van der Waals surface area contributed by atoms with Crippen LogP contribution in [0.2, 0.25) is 0 Å². The summed E-state index contributed by atoms with van der Waals surface area (Å²) < 4.78 is 12.2. The Balaban J connectivity index is 2.38. The second kappa shape index (κ2) is 3.75. The van der Waals surface area contributed by atoms with Crippen LogP contribution >= 0.6 is 20.6 Å². The van der Waals surface area contributed by atoms with Crippen LogP contribution in [0.5, 0.6) is 0 Å². The van der Waals surface area contributed by atoms with Crippen molar-refractivity contribution in [3.8, 4) is 0 Å². The van der Waals surface area contributed by atoms with E-state index in [1.807, 2.05) is 38.1 Å². The fourth-order valence-electron chi connectivity index (χ4n) is 1.50. The molecule has 0 aliphatic carbocycles. The molecule has 0 N–H and O–H groups in total. The standard InChI is InChI=1S/C11H13IO3/c1-8(13)14-12-10-7-5-4-6-9(10)11(2,3)15-12/h4-7H,1-3H3. The zero-order chi connectivity index (χ0) is 11.1. The Kier molecular flexibility index (Phi) is 2.72. The normalized spacial score (nSPS) is 19.8. The number of halogens is 1. The van der Waals surface area contributed by atoms with E-state index in [0.29, 0.717) is 0 Å². The molecule has 1 aliphatic heterocycles. The minimum atomic E-state index is -2.20. The third-order valence-electron chi connectivity index (χ3n) is 2.13. The van der Waals surface area contributed by atoms with Crippen LogP contribution in [0, 0.1) is 3.57 Å². The fraction of sp³-hybridized carbons (Fsp3) is 0.364. The predicted octanol–water partition coefficient (Wildman–Crippen LogP) is 3.02. The first-order valence-electron chi connectivity index (χ1n) is 4.69. The number of carbonyl (C=O) groups is 1. The van der Waals surface area contributed by atoms with Crippen molar-refractivity contribution in [3.63, 3.8) is 0 Å². The Bertz CT molecular complexity index is 401. The Morgan fingerprint density at radius 1 is 1.40 bits per heavy atom. The summed E-state index contributed by atoms with van der Waals surface area (Å²) in [7, 11) is 0. The second-order valence-electron chi connectivity index (χ2n) is 3.85. The van der Waals surface area contributed by atoms with Crippen molar-refractivity contribution < 1.29 is 10.9 Å². The van der Waals surface area contributed by atoms with E-state index in [0.717, 1.165) is 9.13 Å². The van der Waals surface area contributed by atoms with Crippen LogP contribution in [0.4, 0.5) is 0 Å². The summed E-state index contributed by atoms with van der Waals surface area (Å²) in [4.78, 5) is 11.0. The molecule has 82 valence electrons. The van der Waals surface area contributed by atoms with Crippen molar-refractivity contribution in [3.05, 3.63) is 33.4 Å². The minimum absolute atomic E-state index is 0.257. The van der Waals surface area contributed by atoms with Gasteiger partial charge >= 0.3 is 97.3 Å². The van der Waals surface area contributed by atoms with Crippen LogP contribution in [-0.2, 0) is 16.5 Å². The van der Waals surface area contributed by atoms with Gasteiger partial charge in [0.15, 0.2) is 0 Å². The van der Waals surface area contributed by atoms with Crippen molar-refractivity contribution >= 4 is 26.6 Å². The molecule has 0 amide bonds. The molecule has 0 bridgehead atoms. The van der Waals surface area contributed by atoms with Crippen LogP contribution in [0.25, 0.3) is 0 Å². The molecular weight excluding hydrogens is 307 g/mol. The fourth-order valence-corrected chi connectivity index (χ4v) is 5.67. The van der Waals surface area contributed by atoms with Gasteiger partial charge in [0.05, 0.1) is 0 Å². The van der Waals surface area contributed by atoms with Gasteiger partial charge in [-0.05, 0) is 0 Å². The van der Waals surface area contributed by atoms with Crippen molar-refractivity contribution in [2.45, 2.75) is 26.4 Å². The average molecular weight is 320 g/mol. The summed E-state index contributed by atoms with van der Waals surface area (Å²) in [5.74, 6) is -0.257. The van der Waals surface area contributed by atoms with Crippen molar-refractivity contribution in [1.29, 1.82) is 0 Å². The maximum absolute atomic E-state index is 11.0. The Morgan fingerprint density at radius 2 is 2.07 bits per heavy atom. The number of rotatable bonds is 1. The second-order valence-corrected chi connectivity index (χ2v) is 7.14. The third-order valence-corrected chi connectivity index (χ3v) is 6.54. The van der Waals surface area contributed by atoms with Crippen molar-refractivity contribution in [2.24, 2.45) is 0 Å². The molecule has 0 aromatic heterocycles. The number of hydrogen-bond acceptors (Lipinski definition) is 3. The molecule has 0 atom stereocenters. The summed E-state index contributed by atoms with van der Waals surface area (Å²) in [6, 6.07) is 7.98. The van der Waals surface area contributed by atoms with Crippen LogP contribution in [0.1, 0.15) is 26.3 Å². The molecule has 0 fully saturated rings. The maximum atomic E-state index is 11.0. The molecule has 1 aliphatic rings. The molecule has 1 aromatic rings. The number of fused-ring (bicyclic) bond motifs is 1. The van der Waals surface area contributed by atoms with Crippen LogP contribution in [0.15, 0.2) is 24.3 Å². The van der Waals surface area contributed by atoms with Gasteiger partial charge in [-0.3, -0.25) is 0 Å². The predicted molar refractivity (Wildman–Crippen MR) is 65.0 cm³/mol. The van der Waals surface area contributed by atoms with Gasteiger partial charge in [0.25, 0.3) is 0 Å². The average Bonchev–Trinajstić information content (AvgIpc) is 2.39. The molecule has 4 heteroatoms. The molecule has 0 unspecified atom stereocenters. The summed E-state index contributed by atoms with van der Waals surface area (Å²) in [5, 5.41) is 0. The summed E-state index contributed by atoms with van der Waals surface area (Å²) in [6.45, 7) is 5.44. The summed E-state index contributed by atoms with van der Waals surface area (Å²) in [6.07, 6.45) is 0. The number of benzene rings is 1. The van der Waals surface area contributed by atoms with E-state index in [-0.39, 0.29) is 11.6 Å². The van der Waals surface area contributed by atoms with Crippen LogP contribution in [0.3, 0.4) is 0 Å². The van der Waals surface area contributed by atoms with E-state index < -0.39 is 20.6 Å². The van der Waals surface area contributed by atoms with Gasteiger partial charge < -0.3 is 0 Å². The first-order valence-corrected chi connectivity index (χ1v) is 7.53. The molecule has 2 rings (SSSR count). The number of hydrogen-bond donors (Lipinski definition) is 0. The Labute approximate surface area is 97.3 Å². The monoisotopic (exact) mass is 320 g/mol. The topological polar surface area (TPSA) is 35.5 Å². The first kappa shape index (κ1) is 10.9. The van der Waals surface area contributed by atoms with Crippen molar-refractivity contribution in [2.75, 3.05) is 0 Å². The molecule has 0 radical (unpaired) electrons. The third kappa shape index (κ3) is 2.01. The number of carbonyl (C=O) groups excluding carboxylic acids is 1. The van der Waals surface area contributed by atoms with Crippen LogP contribution in [-0.4, -0.2) is 5.97 Å². The Morgan fingerprint density at radius 3 is 2.73 bits per heavy atom. The van der Waals surface area contributed by atoms with E-state index in [9.17, 15) is 4.79 Å². The van der Waals surface area contributed by atoms with E-state index in [2.05, 4.69) is 0 Å². The van der Waals surface area contributed by atoms with E-state index in [4.69, 9.17) is 6.13 Å². The zero-order valence-electron chi connectivity index (χ0n) is 8.91.